The fourth-order valence-corrected chi connectivity index (χ4v) is 3.68. The maximum Gasteiger partial charge on any atom is 0.196 e. The average molecular weight is 355 g/mol. The highest BCUT2D eigenvalue weighted by atomic mass is 35.5. The molecule has 130 valence electrons. The van der Waals surface area contributed by atoms with E-state index in [0.717, 1.165) is 66.1 Å². The third kappa shape index (κ3) is 3.29. The number of aryl methyl sites for hydroxylation is 1. The number of anilines is 1. The second-order valence-corrected chi connectivity index (χ2v) is 6.78. The van der Waals surface area contributed by atoms with E-state index >= 15 is 0 Å². The van der Waals surface area contributed by atoms with Crippen LogP contribution >= 0.6 is 11.6 Å². The maximum atomic E-state index is 7.81. The van der Waals surface area contributed by atoms with Crippen molar-refractivity contribution in [3.63, 3.8) is 0 Å². The van der Waals surface area contributed by atoms with E-state index in [1.807, 2.05) is 24.3 Å². The molecule has 1 aromatic heterocycles. The zero-order chi connectivity index (χ0) is 17.8. The molecule has 0 fully saturated rings. The Morgan fingerprint density at radius 2 is 2.00 bits per heavy atom. The van der Waals surface area contributed by atoms with Crippen molar-refractivity contribution >= 4 is 17.4 Å². The molecule has 5 heteroatoms. The molecule has 0 saturated heterocycles. The van der Waals surface area contributed by atoms with Gasteiger partial charge in [-0.3, -0.25) is 5.10 Å². The summed E-state index contributed by atoms with van der Waals surface area (Å²) in [5, 5.41) is 11.8. The third-order valence-corrected chi connectivity index (χ3v) is 4.98. The predicted molar refractivity (Wildman–Crippen MR) is 103 cm³/mol. The average Bonchev–Trinajstić information content (AvgIpc) is 3.02. The summed E-state index contributed by atoms with van der Waals surface area (Å²) in [7, 11) is 0. The number of unbranched alkanes of at least 4 members (excludes halogenated alkanes) is 1. The molecule has 3 rings (SSSR count). The van der Waals surface area contributed by atoms with Gasteiger partial charge in [-0.2, -0.15) is 5.10 Å². The Bertz CT molecular complexity index is 828. The minimum atomic E-state index is -0.158. The van der Waals surface area contributed by atoms with E-state index in [4.69, 9.17) is 18.2 Å². The highest BCUT2D eigenvalue weighted by molar-refractivity contribution is 6.31. The van der Waals surface area contributed by atoms with Crippen LogP contribution in [0.1, 0.15) is 62.3 Å². The van der Waals surface area contributed by atoms with Crippen molar-refractivity contribution in [2.24, 2.45) is 0 Å². The SMILES string of the molecule is [C-]#[N+]C1=C(CCC)Nc2n[nH]c(CCCC)c2C1c1ccccc1Cl. The molecular formula is C20H23ClN4. The smallest absolute Gasteiger partial charge is 0.196 e. The van der Waals surface area contributed by atoms with Crippen LogP contribution in [0, 0.1) is 6.57 Å². The summed E-state index contributed by atoms with van der Waals surface area (Å²) in [6.45, 7) is 12.1. The number of rotatable bonds is 6. The van der Waals surface area contributed by atoms with Crippen molar-refractivity contribution in [1.82, 2.24) is 10.2 Å². The van der Waals surface area contributed by atoms with Crippen LogP contribution in [0.4, 0.5) is 5.82 Å². The number of aromatic nitrogens is 2. The Balaban J connectivity index is 2.18. The van der Waals surface area contributed by atoms with Gasteiger partial charge in [-0.1, -0.05) is 56.5 Å². The first-order valence-electron chi connectivity index (χ1n) is 8.90. The summed E-state index contributed by atoms with van der Waals surface area (Å²) in [5.74, 6) is 0.682. The predicted octanol–water partition coefficient (Wildman–Crippen LogP) is 5.89. The summed E-state index contributed by atoms with van der Waals surface area (Å²) in [6, 6.07) is 7.82. The van der Waals surface area contributed by atoms with Crippen LogP contribution in [0.15, 0.2) is 35.7 Å². The lowest BCUT2D eigenvalue weighted by molar-refractivity contribution is 0.758. The summed E-state index contributed by atoms with van der Waals surface area (Å²) >= 11 is 6.52. The zero-order valence-electron chi connectivity index (χ0n) is 14.7. The van der Waals surface area contributed by atoms with Crippen molar-refractivity contribution in [2.45, 2.75) is 51.9 Å². The summed E-state index contributed by atoms with van der Waals surface area (Å²) in [5.41, 5.74) is 4.86. The Kier molecular flexibility index (Phi) is 5.45. The Morgan fingerprint density at radius 3 is 2.68 bits per heavy atom. The topological polar surface area (TPSA) is 45.1 Å². The van der Waals surface area contributed by atoms with Gasteiger partial charge in [0.2, 0.25) is 0 Å². The van der Waals surface area contributed by atoms with E-state index in [2.05, 4.69) is 34.2 Å². The highest BCUT2D eigenvalue weighted by Gasteiger charge is 2.34. The third-order valence-electron chi connectivity index (χ3n) is 4.64. The number of hydrogen-bond donors (Lipinski definition) is 2. The molecule has 2 N–H and O–H groups in total. The number of H-pyrrole nitrogens is 1. The van der Waals surface area contributed by atoms with E-state index in [-0.39, 0.29) is 5.92 Å². The van der Waals surface area contributed by atoms with Gasteiger partial charge >= 0.3 is 0 Å². The van der Waals surface area contributed by atoms with Gasteiger partial charge in [-0.25, -0.2) is 4.85 Å². The number of benzene rings is 1. The van der Waals surface area contributed by atoms with Crippen LogP contribution in [0.2, 0.25) is 5.02 Å². The van der Waals surface area contributed by atoms with E-state index in [9.17, 15) is 0 Å². The Hall–Kier alpha value is -2.25. The molecule has 2 heterocycles. The van der Waals surface area contributed by atoms with Crippen molar-refractivity contribution in [3.05, 3.63) is 68.9 Å². The van der Waals surface area contributed by atoms with Crippen LogP contribution in [-0.4, -0.2) is 10.2 Å². The first kappa shape index (κ1) is 17.6. The molecule has 25 heavy (non-hydrogen) atoms. The molecule has 1 aliphatic rings. The number of fused-ring (bicyclic) bond motifs is 1. The number of nitrogens with one attached hydrogen (secondary N) is 2. The molecule has 0 aliphatic carbocycles. The van der Waals surface area contributed by atoms with E-state index < -0.39 is 0 Å². The number of halogens is 1. The van der Waals surface area contributed by atoms with E-state index in [0.29, 0.717) is 5.02 Å². The molecular weight excluding hydrogens is 332 g/mol. The normalized spacial score (nSPS) is 16.3. The molecule has 0 bridgehead atoms. The number of allylic oxidation sites excluding steroid dienone is 2. The second-order valence-electron chi connectivity index (χ2n) is 6.37. The second kappa shape index (κ2) is 7.76. The molecule has 1 aliphatic heterocycles. The summed E-state index contributed by atoms with van der Waals surface area (Å²) < 4.78 is 0. The van der Waals surface area contributed by atoms with Gasteiger partial charge in [-0.15, -0.1) is 0 Å². The number of hydrogen-bond acceptors (Lipinski definition) is 2. The summed E-state index contributed by atoms with van der Waals surface area (Å²) in [6.07, 6.45) is 4.93. The van der Waals surface area contributed by atoms with Gasteiger partial charge in [0.25, 0.3) is 0 Å². The molecule has 1 unspecified atom stereocenters. The van der Waals surface area contributed by atoms with Gasteiger partial charge in [0.05, 0.1) is 12.5 Å². The van der Waals surface area contributed by atoms with Gasteiger partial charge in [0, 0.05) is 22.0 Å². The molecule has 0 spiro atoms. The van der Waals surface area contributed by atoms with Crippen molar-refractivity contribution in [3.8, 4) is 0 Å². The molecule has 0 saturated carbocycles. The molecule has 0 radical (unpaired) electrons. The number of nitrogens with zero attached hydrogens (tertiary/aromatic N) is 2. The van der Waals surface area contributed by atoms with E-state index in [1.54, 1.807) is 0 Å². The van der Waals surface area contributed by atoms with Crippen molar-refractivity contribution in [1.29, 1.82) is 0 Å². The maximum absolute atomic E-state index is 7.81. The van der Waals surface area contributed by atoms with Gasteiger partial charge in [0.15, 0.2) is 11.5 Å². The van der Waals surface area contributed by atoms with Crippen LogP contribution < -0.4 is 5.32 Å². The minimum Gasteiger partial charge on any atom is -0.352 e. The lowest BCUT2D eigenvalue weighted by atomic mass is 9.83. The standard InChI is InChI=1S/C20H23ClN4/c1-4-6-12-15-18-17(13-10-7-8-11-14(13)21)19(22-3)16(9-5-2)23-20(18)25-24-15/h7-8,10-11,17H,4-6,9,12H2,1-2H3,(H2,23,24,25). The minimum absolute atomic E-state index is 0.158. The molecule has 0 amide bonds. The fraction of sp³-hybridized carbons (Fsp3) is 0.400. The fourth-order valence-electron chi connectivity index (χ4n) is 3.44. The molecule has 1 atom stereocenters. The van der Waals surface area contributed by atoms with Crippen LogP contribution in [0.25, 0.3) is 4.85 Å². The lowest BCUT2D eigenvalue weighted by Gasteiger charge is -2.27. The molecule has 4 nitrogen and oxygen atoms in total. The largest absolute Gasteiger partial charge is 0.352 e. The molecule has 2 aromatic rings. The van der Waals surface area contributed by atoms with Crippen molar-refractivity contribution in [2.75, 3.05) is 5.32 Å². The van der Waals surface area contributed by atoms with Crippen molar-refractivity contribution < 1.29 is 0 Å². The van der Waals surface area contributed by atoms with Crippen LogP contribution in [-0.2, 0) is 6.42 Å². The molecule has 1 aromatic carbocycles. The first-order chi connectivity index (χ1) is 12.2. The highest BCUT2D eigenvalue weighted by Crippen LogP contribution is 2.46. The monoisotopic (exact) mass is 354 g/mol. The van der Waals surface area contributed by atoms with Gasteiger partial charge in [0.1, 0.15) is 0 Å². The van der Waals surface area contributed by atoms with E-state index in [1.165, 1.54) is 0 Å². The van der Waals surface area contributed by atoms with Gasteiger partial charge in [-0.05, 0) is 30.9 Å². The van der Waals surface area contributed by atoms with Gasteiger partial charge < -0.3 is 5.32 Å². The number of aromatic amines is 1. The Morgan fingerprint density at radius 1 is 1.20 bits per heavy atom. The lowest BCUT2D eigenvalue weighted by Crippen LogP contribution is -2.18. The van der Waals surface area contributed by atoms with Crippen LogP contribution in [0.3, 0.4) is 0 Å². The first-order valence-corrected chi connectivity index (χ1v) is 9.28. The quantitative estimate of drug-likeness (QED) is 0.635. The van der Waals surface area contributed by atoms with Crippen LogP contribution in [0.5, 0.6) is 0 Å². The zero-order valence-corrected chi connectivity index (χ0v) is 15.5. The Labute approximate surface area is 154 Å². The summed E-state index contributed by atoms with van der Waals surface area (Å²) in [4.78, 5) is 3.91.